The largest absolute Gasteiger partial charge is 0.486 e. The van der Waals surface area contributed by atoms with Gasteiger partial charge in [0.15, 0.2) is 11.5 Å². The molecule has 1 amide bonds. The van der Waals surface area contributed by atoms with Crippen molar-refractivity contribution in [3.05, 3.63) is 77.9 Å². The van der Waals surface area contributed by atoms with Gasteiger partial charge in [0.25, 0.3) is 15.9 Å². The van der Waals surface area contributed by atoms with Gasteiger partial charge in [-0.3, -0.25) is 9.52 Å². The maximum absolute atomic E-state index is 12.9. The van der Waals surface area contributed by atoms with E-state index in [0.29, 0.717) is 30.4 Å². The minimum absolute atomic E-state index is 0.0387. The van der Waals surface area contributed by atoms with E-state index in [-0.39, 0.29) is 21.7 Å². The number of para-hydroxylation sites is 1. The second-order valence-electron chi connectivity index (χ2n) is 6.79. The Bertz CT molecular complexity index is 1290. The molecule has 1 heterocycles. The van der Waals surface area contributed by atoms with E-state index < -0.39 is 21.9 Å². The molecule has 0 spiro atoms. The molecule has 4 rings (SSSR count). The predicted octanol–water partition coefficient (Wildman–Crippen LogP) is 3.21. The zero-order chi connectivity index (χ0) is 22.7. The number of carbonyl (C=O) groups excluding carboxylic acids is 1. The van der Waals surface area contributed by atoms with E-state index in [4.69, 9.17) is 14.6 Å². The average Bonchev–Trinajstić information content (AvgIpc) is 2.79. The summed E-state index contributed by atoms with van der Waals surface area (Å²) in [5, 5.41) is 11.7. The monoisotopic (exact) mass is 454 g/mol. The summed E-state index contributed by atoms with van der Waals surface area (Å²) in [6, 6.07) is 15.9. The number of rotatable bonds is 6. The number of amides is 1. The van der Waals surface area contributed by atoms with Crippen LogP contribution >= 0.6 is 0 Å². The third kappa shape index (κ3) is 4.49. The molecule has 0 atom stereocenters. The number of ether oxygens (including phenoxy) is 2. The summed E-state index contributed by atoms with van der Waals surface area (Å²) in [6.45, 7) is 0.855. The van der Waals surface area contributed by atoms with Gasteiger partial charge in [0.2, 0.25) is 0 Å². The number of hydrogen-bond acceptors (Lipinski definition) is 6. The Morgan fingerprint density at radius 1 is 0.875 bits per heavy atom. The third-order valence-corrected chi connectivity index (χ3v) is 6.01. The highest BCUT2D eigenvalue weighted by atomic mass is 32.2. The van der Waals surface area contributed by atoms with Crippen molar-refractivity contribution in [1.29, 1.82) is 0 Å². The molecule has 1 aliphatic heterocycles. The number of nitrogens with one attached hydrogen (secondary N) is 2. The van der Waals surface area contributed by atoms with Gasteiger partial charge >= 0.3 is 5.97 Å². The summed E-state index contributed by atoms with van der Waals surface area (Å²) in [7, 11) is -4.06. The first-order chi connectivity index (χ1) is 15.3. The second kappa shape index (κ2) is 8.60. The van der Waals surface area contributed by atoms with E-state index >= 15 is 0 Å². The van der Waals surface area contributed by atoms with Crippen molar-refractivity contribution in [2.75, 3.05) is 23.3 Å². The van der Waals surface area contributed by atoms with Gasteiger partial charge in [-0.05, 0) is 48.5 Å². The van der Waals surface area contributed by atoms with Crippen LogP contribution in [0.5, 0.6) is 11.5 Å². The highest BCUT2D eigenvalue weighted by Gasteiger charge is 2.20. The topological polar surface area (TPSA) is 131 Å². The van der Waals surface area contributed by atoms with Crippen LogP contribution in [0, 0.1) is 0 Å². The number of carboxylic acids is 1. The minimum atomic E-state index is -4.06. The SMILES string of the molecule is O=C(O)c1ccc(S(=O)(=O)Nc2ccccc2C(=O)Nc2ccc3c(c2)OCCO3)cc1. The lowest BCUT2D eigenvalue weighted by Gasteiger charge is -2.19. The Morgan fingerprint density at radius 2 is 1.56 bits per heavy atom. The van der Waals surface area contributed by atoms with Crippen molar-refractivity contribution in [2.24, 2.45) is 0 Å². The summed E-state index contributed by atoms with van der Waals surface area (Å²) < 4.78 is 38.9. The molecule has 0 radical (unpaired) electrons. The van der Waals surface area contributed by atoms with E-state index in [2.05, 4.69) is 10.0 Å². The molecule has 10 heteroatoms. The molecule has 3 aromatic rings. The fraction of sp³-hybridized carbons (Fsp3) is 0.0909. The Labute approximate surface area is 183 Å². The number of anilines is 2. The van der Waals surface area contributed by atoms with Crippen LogP contribution in [0.25, 0.3) is 0 Å². The van der Waals surface area contributed by atoms with Crippen molar-refractivity contribution in [1.82, 2.24) is 0 Å². The lowest BCUT2D eigenvalue weighted by Crippen LogP contribution is -2.19. The molecular formula is C22H18N2O7S. The fourth-order valence-electron chi connectivity index (χ4n) is 3.07. The van der Waals surface area contributed by atoms with Gasteiger partial charge < -0.3 is 19.9 Å². The van der Waals surface area contributed by atoms with Crippen molar-refractivity contribution in [2.45, 2.75) is 4.90 Å². The Kier molecular flexibility index (Phi) is 5.69. The van der Waals surface area contributed by atoms with Crippen molar-refractivity contribution >= 4 is 33.3 Å². The van der Waals surface area contributed by atoms with Crippen LogP contribution in [-0.4, -0.2) is 38.6 Å². The summed E-state index contributed by atoms with van der Waals surface area (Å²) in [5.74, 6) is -0.603. The van der Waals surface area contributed by atoms with Crippen LogP contribution in [0.4, 0.5) is 11.4 Å². The standard InChI is InChI=1S/C22H18N2O7S/c25-21(23-15-7-10-19-20(13-15)31-12-11-30-19)17-3-1-2-4-18(17)24-32(28,29)16-8-5-14(6-9-16)22(26)27/h1-10,13,24H,11-12H2,(H,23,25)(H,26,27). The number of carboxylic acid groups (broad SMARTS) is 1. The van der Waals surface area contributed by atoms with E-state index in [9.17, 15) is 18.0 Å². The first-order valence-corrected chi connectivity index (χ1v) is 11.0. The van der Waals surface area contributed by atoms with Crippen molar-refractivity contribution in [3.8, 4) is 11.5 Å². The molecule has 0 saturated heterocycles. The van der Waals surface area contributed by atoms with Gasteiger partial charge in [-0.1, -0.05) is 12.1 Å². The summed E-state index contributed by atoms with van der Waals surface area (Å²) in [5.41, 5.74) is 0.599. The number of fused-ring (bicyclic) bond motifs is 1. The number of sulfonamides is 1. The Morgan fingerprint density at radius 3 is 2.28 bits per heavy atom. The fourth-order valence-corrected chi connectivity index (χ4v) is 4.15. The zero-order valence-corrected chi connectivity index (χ0v) is 17.4. The number of hydrogen-bond donors (Lipinski definition) is 3. The molecule has 32 heavy (non-hydrogen) atoms. The molecule has 0 unspecified atom stereocenters. The lowest BCUT2D eigenvalue weighted by molar-refractivity contribution is 0.0696. The van der Waals surface area contributed by atoms with Gasteiger partial charge in [0.05, 0.1) is 21.7 Å². The van der Waals surface area contributed by atoms with Gasteiger partial charge in [0.1, 0.15) is 13.2 Å². The third-order valence-electron chi connectivity index (χ3n) is 4.63. The number of aromatic carboxylic acids is 1. The van der Waals surface area contributed by atoms with E-state index in [1.165, 1.54) is 36.4 Å². The van der Waals surface area contributed by atoms with Crippen molar-refractivity contribution < 1.29 is 32.6 Å². The van der Waals surface area contributed by atoms with Crippen LogP contribution in [-0.2, 0) is 10.0 Å². The first kappa shape index (κ1) is 21.2. The Hall–Kier alpha value is -4.05. The van der Waals surface area contributed by atoms with Gasteiger partial charge in [0, 0.05) is 11.8 Å². The summed E-state index contributed by atoms with van der Waals surface area (Å²) in [6.07, 6.45) is 0. The minimum Gasteiger partial charge on any atom is -0.486 e. The molecule has 1 aliphatic rings. The highest BCUT2D eigenvalue weighted by Crippen LogP contribution is 2.33. The molecule has 0 saturated carbocycles. The molecule has 0 fully saturated rings. The number of benzene rings is 3. The lowest BCUT2D eigenvalue weighted by atomic mass is 10.1. The maximum Gasteiger partial charge on any atom is 0.335 e. The smallest absolute Gasteiger partial charge is 0.335 e. The summed E-state index contributed by atoms with van der Waals surface area (Å²) >= 11 is 0. The molecule has 3 aromatic carbocycles. The van der Waals surface area contributed by atoms with E-state index in [1.807, 2.05) is 0 Å². The average molecular weight is 454 g/mol. The normalized spacial score (nSPS) is 12.6. The summed E-state index contributed by atoms with van der Waals surface area (Å²) in [4.78, 5) is 23.7. The van der Waals surface area contributed by atoms with E-state index in [0.717, 1.165) is 0 Å². The zero-order valence-electron chi connectivity index (χ0n) is 16.6. The Balaban J connectivity index is 1.56. The molecule has 0 aliphatic carbocycles. The molecule has 3 N–H and O–H groups in total. The van der Waals surface area contributed by atoms with Crippen LogP contribution in [0.1, 0.15) is 20.7 Å². The molecule has 0 aromatic heterocycles. The van der Waals surface area contributed by atoms with Crippen LogP contribution in [0.2, 0.25) is 0 Å². The van der Waals surface area contributed by atoms with Crippen molar-refractivity contribution in [3.63, 3.8) is 0 Å². The van der Waals surface area contributed by atoms with Crippen LogP contribution in [0.3, 0.4) is 0 Å². The first-order valence-electron chi connectivity index (χ1n) is 9.50. The second-order valence-corrected chi connectivity index (χ2v) is 8.48. The quantitative estimate of drug-likeness (QED) is 0.521. The molecular weight excluding hydrogens is 436 g/mol. The highest BCUT2D eigenvalue weighted by molar-refractivity contribution is 7.92. The maximum atomic E-state index is 12.9. The van der Waals surface area contributed by atoms with Gasteiger partial charge in [-0.2, -0.15) is 0 Å². The van der Waals surface area contributed by atoms with Crippen LogP contribution in [0.15, 0.2) is 71.6 Å². The molecule has 9 nitrogen and oxygen atoms in total. The molecule has 164 valence electrons. The predicted molar refractivity (Wildman–Crippen MR) is 116 cm³/mol. The van der Waals surface area contributed by atoms with Gasteiger partial charge in [-0.15, -0.1) is 0 Å². The van der Waals surface area contributed by atoms with Gasteiger partial charge in [-0.25, -0.2) is 13.2 Å². The molecule has 0 bridgehead atoms. The van der Waals surface area contributed by atoms with Crippen LogP contribution < -0.4 is 19.5 Å². The van der Waals surface area contributed by atoms with E-state index in [1.54, 1.807) is 30.3 Å². The number of carbonyl (C=O) groups is 2.